The maximum atomic E-state index is 11.6. The zero-order chi connectivity index (χ0) is 12.7. The second-order valence-corrected chi connectivity index (χ2v) is 8.23. The van der Waals surface area contributed by atoms with Crippen molar-refractivity contribution in [2.24, 2.45) is 11.7 Å². The average Bonchev–Trinajstić information content (AvgIpc) is 2.60. The van der Waals surface area contributed by atoms with Gasteiger partial charge in [-0.15, -0.1) is 0 Å². The second kappa shape index (κ2) is 4.52. The third-order valence-electron chi connectivity index (χ3n) is 4.53. The van der Waals surface area contributed by atoms with Gasteiger partial charge in [0.1, 0.15) is 9.84 Å². The lowest BCUT2D eigenvalue weighted by Crippen LogP contribution is -2.58. The molecule has 2 saturated heterocycles. The molecule has 0 spiro atoms. The molecule has 0 aliphatic carbocycles. The molecular formula is C12H24N2O2S. The zero-order valence-electron chi connectivity index (χ0n) is 10.9. The van der Waals surface area contributed by atoms with Crippen molar-refractivity contribution in [3.8, 4) is 0 Å². The van der Waals surface area contributed by atoms with Crippen molar-refractivity contribution < 1.29 is 8.42 Å². The molecule has 17 heavy (non-hydrogen) atoms. The van der Waals surface area contributed by atoms with Crippen molar-refractivity contribution in [2.75, 3.05) is 24.6 Å². The summed E-state index contributed by atoms with van der Waals surface area (Å²) in [5.41, 5.74) is 5.92. The van der Waals surface area contributed by atoms with Crippen molar-refractivity contribution in [1.29, 1.82) is 0 Å². The molecule has 2 heterocycles. The van der Waals surface area contributed by atoms with Gasteiger partial charge in [-0.1, -0.05) is 6.92 Å². The molecule has 0 bridgehead atoms. The lowest BCUT2D eigenvalue weighted by molar-refractivity contribution is 0.0745. The monoisotopic (exact) mass is 260 g/mol. The maximum absolute atomic E-state index is 11.6. The van der Waals surface area contributed by atoms with Gasteiger partial charge in [-0.25, -0.2) is 8.42 Å². The van der Waals surface area contributed by atoms with Crippen LogP contribution in [0, 0.1) is 5.92 Å². The van der Waals surface area contributed by atoms with Crippen LogP contribution in [0.25, 0.3) is 0 Å². The van der Waals surface area contributed by atoms with E-state index in [2.05, 4.69) is 18.7 Å². The lowest BCUT2D eigenvalue weighted by atomic mass is 9.89. The van der Waals surface area contributed by atoms with E-state index < -0.39 is 9.84 Å². The average molecular weight is 260 g/mol. The summed E-state index contributed by atoms with van der Waals surface area (Å²) in [5.74, 6) is 1.32. The largest absolute Gasteiger partial charge is 0.329 e. The van der Waals surface area contributed by atoms with Crippen LogP contribution in [0.4, 0.5) is 0 Å². The first-order valence-corrected chi connectivity index (χ1v) is 8.38. The smallest absolute Gasteiger partial charge is 0.150 e. The van der Waals surface area contributed by atoms with Gasteiger partial charge in [-0.2, -0.15) is 0 Å². The molecule has 0 amide bonds. The van der Waals surface area contributed by atoms with Gasteiger partial charge in [0, 0.05) is 24.7 Å². The number of rotatable bonds is 2. The molecule has 2 N–H and O–H groups in total. The predicted octanol–water partition coefficient (Wildman–Crippen LogP) is 0.623. The number of hydrogen-bond donors (Lipinski definition) is 1. The third kappa shape index (κ3) is 2.51. The van der Waals surface area contributed by atoms with Gasteiger partial charge in [-0.05, 0) is 32.1 Å². The SMILES string of the molecule is CC1CC(C)N(C2(CN)CCS(=O)(=O)CC2)C1. The fourth-order valence-corrected chi connectivity index (χ4v) is 5.07. The summed E-state index contributed by atoms with van der Waals surface area (Å²) in [6.07, 6.45) is 2.63. The maximum Gasteiger partial charge on any atom is 0.150 e. The Kier molecular flexibility index (Phi) is 3.54. The minimum atomic E-state index is -2.81. The molecule has 0 radical (unpaired) electrons. The highest BCUT2D eigenvalue weighted by Crippen LogP contribution is 2.36. The van der Waals surface area contributed by atoms with Crippen molar-refractivity contribution >= 4 is 9.84 Å². The van der Waals surface area contributed by atoms with Gasteiger partial charge in [0.25, 0.3) is 0 Å². The standard InChI is InChI=1S/C12H24N2O2S/c1-10-7-11(2)14(8-10)12(9-13)3-5-17(15,16)6-4-12/h10-11H,3-9,13H2,1-2H3. The molecule has 2 fully saturated rings. The van der Waals surface area contributed by atoms with E-state index in [9.17, 15) is 8.42 Å². The fraction of sp³-hybridized carbons (Fsp3) is 1.00. The van der Waals surface area contributed by atoms with Gasteiger partial charge in [0.15, 0.2) is 0 Å². The molecule has 2 aliphatic heterocycles. The molecule has 4 nitrogen and oxygen atoms in total. The summed E-state index contributed by atoms with van der Waals surface area (Å²) in [4.78, 5) is 2.48. The molecule has 2 atom stereocenters. The van der Waals surface area contributed by atoms with E-state index in [4.69, 9.17) is 5.73 Å². The molecule has 2 rings (SSSR count). The quantitative estimate of drug-likeness (QED) is 0.791. The zero-order valence-corrected chi connectivity index (χ0v) is 11.7. The fourth-order valence-electron chi connectivity index (χ4n) is 3.49. The van der Waals surface area contributed by atoms with E-state index >= 15 is 0 Å². The molecule has 2 unspecified atom stereocenters. The summed E-state index contributed by atoms with van der Waals surface area (Å²) in [7, 11) is -2.81. The number of sulfone groups is 1. The van der Waals surface area contributed by atoms with Crippen LogP contribution in [0.15, 0.2) is 0 Å². The lowest BCUT2D eigenvalue weighted by Gasteiger charge is -2.46. The Morgan fingerprint density at radius 3 is 2.29 bits per heavy atom. The second-order valence-electron chi connectivity index (χ2n) is 5.92. The van der Waals surface area contributed by atoms with Crippen LogP contribution in [-0.2, 0) is 9.84 Å². The molecule has 100 valence electrons. The highest BCUT2D eigenvalue weighted by Gasteiger charge is 2.45. The van der Waals surface area contributed by atoms with Crippen LogP contribution in [0.1, 0.15) is 33.1 Å². The molecule has 0 aromatic carbocycles. The summed E-state index contributed by atoms with van der Waals surface area (Å²) < 4.78 is 23.1. The Morgan fingerprint density at radius 2 is 1.88 bits per heavy atom. The number of nitrogens with two attached hydrogens (primary N) is 1. The first kappa shape index (κ1) is 13.3. The number of nitrogens with zero attached hydrogens (tertiary/aromatic N) is 1. The van der Waals surface area contributed by atoms with Crippen molar-refractivity contribution in [3.05, 3.63) is 0 Å². The van der Waals surface area contributed by atoms with Crippen LogP contribution in [0.5, 0.6) is 0 Å². The molecule has 5 heteroatoms. The number of likely N-dealkylation sites (tertiary alicyclic amines) is 1. The first-order valence-electron chi connectivity index (χ1n) is 6.56. The summed E-state index contributed by atoms with van der Waals surface area (Å²) in [5, 5.41) is 0. The van der Waals surface area contributed by atoms with Gasteiger partial charge in [0.05, 0.1) is 11.5 Å². The minimum absolute atomic E-state index is 0.0600. The Bertz CT molecular complexity index is 366. The topological polar surface area (TPSA) is 63.4 Å². The van der Waals surface area contributed by atoms with Crippen LogP contribution in [0.3, 0.4) is 0 Å². The van der Waals surface area contributed by atoms with Crippen molar-refractivity contribution in [1.82, 2.24) is 4.90 Å². The van der Waals surface area contributed by atoms with E-state index in [0.29, 0.717) is 42.9 Å². The molecule has 0 aromatic heterocycles. The third-order valence-corrected chi connectivity index (χ3v) is 6.18. The summed E-state index contributed by atoms with van der Waals surface area (Å²) >= 11 is 0. The Balaban J connectivity index is 2.16. The van der Waals surface area contributed by atoms with E-state index in [1.165, 1.54) is 6.42 Å². The Morgan fingerprint density at radius 1 is 1.29 bits per heavy atom. The Hall–Kier alpha value is -0.130. The van der Waals surface area contributed by atoms with Crippen LogP contribution >= 0.6 is 0 Å². The highest BCUT2D eigenvalue weighted by molar-refractivity contribution is 7.91. The molecule has 2 aliphatic rings. The van der Waals surface area contributed by atoms with Crippen LogP contribution in [-0.4, -0.2) is 49.5 Å². The van der Waals surface area contributed by atoms with E-state index in [0.717, 1.165) is 6.54 Å². The molecule has 0 saturated carbocycles. The van der Waals surface area contributed by atoms with Gasteiger partial charge in [-0.3, -0.25) is 4.90 Å². The van der Waals surface area contributed by atoms with Gasteiger partial charge >= 0.3 is 0 Å². The Labute approximate surface area is 104 Å². The predicted molar refractivity (Wildman–Crippen MR) is 69.6 cm³/mol. The minimum Gasteiger partial charge on any atom is -0.329 e. The van der Waals surface area contributed by atoms with E-state index in [1.807, 2.05) is 0 Å². The van der Waals surface area contributed by atoms with Gasteiger partial charge < -0.3 is 5.73 Å². The van der Waals surface area contributed by atoms with Gasteiger partial charge in [0.2, 0.25) is 0 Å². The van der Waals surface area contributed by atoms with Crippen LogP contribution in [0.2, 0.25) is 0 Å². The first-order chi connectivity index (χ1) is 7.88. The highest BCUT2D eigenvalue weighted by atomic mass is 32.2. The molecular weight excluding hydrogens is 236 g/mol. The van der Waals surface area contributed by atoms with E-state index in [-0.39, 0.29) is 5.54 Å². The summed E-state index contributed by atoms with van der Waals surface area (Å²) in [6.45, 7) is 6.16. The molecule has 0 aromatic rings. The van der Waals surface area contributed by atoms with Crippen LogP contribution < -0.4 is 5.73 Å². The van der Waals surface area contributed by atoms with Crippen molar-refractivity contribution in [2.45, 2.75) is 44.7 Å². The van der Waals surface area contributed by atoms with Crippen molar-refractivity contribution in [3.63, 3.8) is 0 Å². The van der Waals surface area contributed by atoms with E-state index in [1.54, 1.807) is 0 Å². The summed E-state index contributed by atoms with van der Waals surface area (Å²) in [6, 6.07) is 0.536. The number of hydrogen-bond acceptors (Lipinski definition) is 4. The normalized spacial score (nSPS) is 37.1.